The lowest BCUT2D eigenvalue weighted by Gasteiger charge is -2.56. The number of carbonyl (C=O) groups excluding carboxylic acids is 1. The van der Waals surface area contributed by atoms with Crippen LogP contribution in [0.5, 0.6) is 0 Å². The van der Waals surface area contributed by atoms with E-state index in [4.69, 9.17) is 0 Å². The summed E-state index contributed by atoms with van der Waals surface area (Å²) in [4.78, 5) is 13.0. The summed E-state index contributed by atoms with van der Waals surface area (Å²) in [6.45, 7) is 1.97. The van der Waals surface area contributed by atoms with Gasteiger partial charge in [0.1, 0.15) is 0 Å². The summed E-state index contributed by atoms with van der Waals surface area (Å²) < 4.78 is 23.1. The van der Waals surface area contributed by atoms with Crippen LogP contribution in [0, 0.1) is 23.2 Å². The molecule has 4 fully saturated rings. The van der Waals surface area contributed by atoms with Gasteiger partial charge >= 0.3 is 0 Å². The zero-order chi connectivity index (χ0) is 18.5. The molecule has 0 unspecified atom stereocenters. The van der Waals surface area contributed by atoms with Gasteiger partial charge in [0.05, 0.1) is 10.9 Å². The highest BCUT2D eigenvalue weighted by molar-refractivity contribution is 7.90. The van der Waals surface area contributed by atoms with Crippen LogP contribution in [0.3, 0.4) is 0 Å². The summed E-state index contributed by atoms with van der Waals surface area (Å²) in [6.07, 6.45) is 9.76. The number of hydrogen-bond donors (Lipinski definition) is 1. The SMILES string of the molecule is C[C@@H](NC(=O)CC12CC3CC(CC(C3)C1)C2)c1ccc(S(C)(=O)=O)cc1. The summed E-state index contributed by atoms with van der Waals surface area (Å²) in [5.74, 6) is 2.71. The van der Waals surface area contributed by atoms with Crippen LogP contribution < -0.4 is 5.32 Å². The molecular weight excluding hydrogens is 346 g/mol. The Balaban J connectivity index is 1.39. The highest BCUT2D eigenvalue weighted by Gasteiger charge is 2.51. The first-order valence-corrected chi connectivity index (χ1v) is 11.7. The lowest BCUT2D eigenvalue weighted by atomic mass is 9.49. The molecule has 0 radical (unpaired) electrons. The summed E-state index contributed by atoms with van der Waals surface area (Å²) >= 11 is 0. The summed E-state index contributed by atoms with van der Waals surface area (Å²) in [6, 6.07) is 6.72. The third-order valence-electron chi connectivity index (χ3n) is 6.89. The van der Waals surface area contributed by atoms with Crippen LogP contribution in [0.25, 0.3) is 0 Å². The Morgan fingerprint density at radius 3 is 2.04 bits per heavy atom. The van der Waals surface area contributed by atoms with E-state index in [0.717, 1.165) is 23.3 Å². The van der Waals surface area contributed by atoms with Gasteiger partial charge in [-0.05, 0) is 86.3 Å². The van der Waals surface area contributed by atoms with Crippen LogP contribution in [-0.4, -0.2) is 20.6 Å². The maximum atomic E-state index is 12.7. The third kappa shape index (κ3) is 3.55. The summed E-state index contributed by atoms with van der Waals surface area (Å²) in [5, 5.41) is 3.14. The van der Waals surface area contributed by atoms with Gasteiger partial charge in [-0.2, -0.15) is 0 Å². The van der Waals surface area contributed by atoms with Crippen LogP contribution in [0.15, 0.2) is 29.2 Å². The maximum Gasteiger partial charge on any atom is 0.221 e. The zero-order valence-corrected chi connectivity index (χ0v) is 16.5. The van der Waals surface area contributed by atoms with Crippen molar-refractivity contribution in [3.05, 3.63) is 29.8 Å². The van der Waals surface area contributed by atoms with Crippen molar-refractivity contribution in [2.24, 2.45) is 23.2 Å². The van der Waals surface area contributed by atoms with Gasteiger partial charge in [0.15, 0.2) is 9.84 Å². The summed E-state index contributed by atoms with van der Waals surface area (Å²) in [7, 11) is -3.19. The summed E-state index contributed by atoms with van der Waals surface area (Å²) in [5.41, 5.74) is 1.19. The number of benzene rings is 1. The van der Waals surface area contributed by atoms with E-state index in [1.807, 2.05) is 6.92 Å². The van der Waals surface area contributed by atoms with Gasteiger partial charge in [-0.25, -0.2) is 8.42 Å². The van der Waals surface area contributed by atoms with E-state index in [-0.39, 0.29) is 17.4 Å². The molecule has 5 rings (SSSR count). The van der Waals surface area contributed by atoms with Crippen molar-refractivity contribution in [2.75, 3.05) is 6.26 Å². The Hall–Kier alpha value is -1.36. The molecule has 4 nitrogen and oxygen atoms in total. The molecule has 5 heteroatoms. The zero-order valence-electron chi connectivity index (χ0n) is 15.7. The monoisotopic (exact) mass is 375 g/mol. The van der Waals surface area contributed by atoms with Gasteiger partial charge < -0.3 is 5.32 Å². The number of amides is 1. The predicted molar refractivity (Wildman–Crippen MR) is 101 cm³/mol. The van der Waals surface area contributed by atoms with Crippen LogP contribution in [-0.2, 0) is 14.6 Å². The second-order valence-electron chi connectivity index (χ2n) is 9.22. The molecule has 1 aromatic rings. The third-order valence-corrected chi connectivity index (χ3v) is 8.01. The van der Waals surface area contributed by atoms with E-state index in [2.05, 4.69) is 5.32 Å². The van der Waals surface area contributed by atoms with Crippen LogP contribution in [0.2, 0.25) is 0 Å². The van der Waals surface area contributed by atoms with Gasteiger partial charge in [0.25, 0.3) is 0 Å². The largest absolute Gasteiger partial charge is 0.350 e. The van der Waals surface area contributed by atoms with Gasteiger partial charge in [-0.15, -0.1) is 0 Å². The Kier molecular flexibility index (Phi) is 4.41. The number of carbonyl (C=O) groups is 1. The average molecular weight is 376 g/mol. The molecule has 0 heterocycles. The minimum atomic E-state index is -3.19. The fourth-order valence-corrected chi connectivity index (χ4v) is 6.86. The number of hydrogen-bond acceptors (Lipinski definition) is 3. The van der Waals surface area contributed by atoms with Crippen LogP contribution in [0.4, 0.5) is 0 Å². The van der Waals surface area contributed by atoms with Gasteiger partial charge in [-0.3, -0.25) is 4.79 Å². The van der Waals surface area contributed by atoms with E-state index in [0.29, 0.717) is 11.3 Å². The van der Waals surface area contributed by atoms with E-state index in [9.17, 15) is 13.2 Å². The number of rotatable bonds is 5. The number of sulfone groups is 1. The van der Waals surface area contributed by atoms with Gasteiger partial charge in [0, 0.05) is 12.7 Å². The molecule has 0 saturated heterocycles. The van der Waals surface area contributed by atoms with Crippen molar-refractivity contribution in [2.45, 2.75) is 62.8 Å². The molecule has 0 spiro atoms. The van der Waals surface area contributed by atoms with E-state index >= 15 is 0 Å². The molecule has 1 atom stereocenters. The maximum absolute atomic E-state index is 12.7. The molecule has 4 aliphatic rings. The first-order chi connectivity index (χ1) is 12.2. The van der Waals surface area contributed by atoms with Gasteiger partial charge in [-0.1, -0.05) is 12.1 Å². The minimum absolute atomic E-state index is 0.106. The van der Waals surface area contributed by atoms with Crippen LogP contribution >= 0.6 is 0 Å². The molecule has 0 aromatic heterocycles. The van der Waals surface area contributed by atoms with Crippen molar-refractivity contribution >= 4 is 15.7 Å². The Labute approximate surface area is 156 Å². The second-order valence-corrected chi connectivity index (χ2v) is 11.2. The molecule has 4 saturated carbocycles. The Morgan fingerprint density at radius 1 is 1.08 bits per heavy atom. The van der Waals surface area contributed by atoms with Crippen molar-refractivity contribution in [1.82, 2.24) is 5.32 Å². The van der Waals surface area contributed by atoms with E-state index < -0.39 is 9.84 Å². The van der Waals surface area contributed by atoms with Gasteiger partial charge in [0.2, 0.25) is 5.91 Å². The first-order valence-electron chi connectivity index (χ1n) is 9.82. The second kappa shape index (κ2) is 6.36. The molecule has 0 aliphatic heterocycles. The molecule has 4 bridgehead atoms. The predicted octanol–water partition coefficient (Wildman–Crippen LogP) is 3.87. The molecule has 26 heavy (non-hydrogen) atoms. The van der Waals surface area contributed by atoms with E-state index in [1.165, 1.54) is 44.8 Å². The fourth-order valence-electron chi connectivity index (χ4n) is 6.23. The smallest absolute Gasteiger partial charge is 0.221 e. The number of nitrogens with one attached hydrogen (secondary N) is 1. The van der Waals surface area contributed by atoms with Crippen LogP contribution in [0.1, 0.15) is 63.5 Å². The van der Waals surface area contributed by atoms with Crippen molar-refractivity contribution < 1.29 is 13.2 Å². The minimum Gasteiger partial charge on any atom is -0.350 e. The molecule has 1 N–H and O–H groups in total. The standard InChI is InChI=1S/C21H29NO3S/c1-14(18-3-5-19(6-4-18)26(2,24)25)22-20(23)13-21-10-15-7-16(11-21)9-17(8-15)12-21/h3-6,14-17H,7-13H2,1-2H3,(H,22,23)/t14-,15?,16?,17?,21?/m1/s1. The topological polar surface area (TPSA) is 63.2 Å². The Morgan fingerprint density at radius 2 is 1.58 bits per heavy atom. The van der Waals surface area contributed by atoms with E-state index in [1.54, 1.807) is 24.3 Å². The normalized spacial score (nSPS) is 33.8. The van der Waals surface area contributed by atoms with Crippen molar-refractivity contribution in [3.8, 4) is 0 Å². The lowest BCUT2D eigenvalue weighted by Crippen LogP contribution is -2.48. The molecular formula is C21H29NO3S. The average Bonchev–Trinajstić information content (AvgIpc) is 2.52. The quantitative estimate of drug-likeness (QED) is 0.850. The van der Waals surface area contributed by atoms with Crippen molar-refractivity contribution in [3.63, 3.8) is 0 Å². The highest BCUT2D eigenvalue weighted by Crippen LogP contribution is 2.61. The fraction of sp³-hybridized carbons (Fsp3) is 0.667. The highest BCUT2D eigenvalue weighted by atomic mass is 32.2. The molecule has 142 valence electrons. The molecule has 1 amide bonds. The molecule has 1 aromatic carbocycles. The van der Waals surface area contributed by atoms with Crippen molar-refractivity contribution in [1.29, 1.82) is 0 Å². The first kappa shape index (κ1) is 18.0. The molecule has 4 aliphatic carbocycles. The Bertz CT molecular complexity index is 762. The lowest BCUT2D eigenvalue weighted by molar-refractivity contribution is -0.130.